The van der Waals surface area contributed by atoms with Crippen molar-refractivity contribution in [1.82, 2.24) is 20.9 Å². The summed E-state index contributed by atoms with van der Waals surface area (Å²) in [6.45, 7) is 5.69. The fraction of sp³-hybridized carbons (Fsp3) is 0.771. The molecule has 7 rings (SSSR count). The highest BCUT2D eigenvalue weighted by molar-refractivity contribution is 5.92. The Morgan fingerprint density at radius 3 is 2.96 bits per heavy atom. The highest BCUT2D eigenvalue weighted by Gasteiger charge is 2.76. The topological polar surface area (TPSA) is 139 Å². The maximum Gasteiger partial charge on any atom is 0.334 e. The number of nitrogens with zero attached hydrogens (tertiary/aromatic N) is 2. The summed E-state index contributed by atoms with van der Waals surface area (Å²) in [4.78, 5) is 20.1. The third-order valence-electron chi connectivity index (χ3n) is 12.9. The second-order valence-corrected chi connectivity index (χ2v) is 14.8. The molecule has 1 saturated heterocycles. The fourth-order valence-corrected chi connectivity index (χ4v) is 11.4. The number of carboxylic acid groups (broad SMARTS) is 1. The minimum Gasteiger partial charge on any atom is -0.478 e. The number of carbonyl (C=O) groups is 1. The van der Waals surface area contributed by atoms with E-state index in [-0.39, 0.29) is 48.6 Å². The third kappa shape index (κ3) is 4.71. The molecule has 10 unspecified atom stereocenters. The van der Waals surface area contributed by atoms with E-state index >= 15 is 0 Å². The van der Waals surface area contributed by atoms with E-state index in [0.717, 1.165) is 56.6 Å². The number of piperidine rings is 1. The van der Waals surface area contributed by atoms with Crippen LogP contribution in [0.2, 0.25) is 0 Å². The summed E-state index contributed by atoms with van der Waals surface area (Å²) >= 11 is 0. The molecule has 4 aliphatic carbocycles. The Balaban J connectivity index is 1.32. The number of aliphatic carboxylic acids is 1. The number of nitrogens with one attached hydrogen (secondary N) is 3. The molecule has 0 aromatic heterocycles. The Morgan fingerprint density at radius 1 is 1.29 bits per heavy atom. The quantitative estimate of drug-likeness (QED) is 0.177. The summed E-state index contributed by atoms with van der Waals surface area (Å²) in [7, 11) is 1.79. The molecule has 3 heterocycles. The SMILES string of the molecule is CN=C1NCC#CC2CC(C)C34CC(O)(COC5CCCC6NCCCC65)C(C(=O)O)=C3CC2C42CN1C=CC2CNCCO. The van der Waals surface area contributed by atoms with Crippen LogP contribution < -0.4 is 16.0 Å². The largest absolute Gasteiger partial charge is 0.478 e. The van der Waals surface area contributed by atoms with Crippen LogP contribution in [0.5, 0.6) is 0 Å². The molecule has 45 heavy (non-hydrogen) atoms. The molecule has 0 radical (unpaired) electrons. The smallest absolute Gasteiger partial charge is 0.334 e. The van der Waals surface area contributed by atoms with Gasteiger partial charge in [-0.2, -0.15) is 0 Å². The summed E-state index contributed by atoms with van der Waals surface area (Å²) in [5, 5.41) is 43.8. The van der Waals surface area contributed by atoms with E-state index in [4.69, 9.17) is 4.74 Å². The van der Waals surface area contributed by atoms with Crippen LogP contribution in [-0.2, 0) is 9.53 Å². The highest BCUT2D eigenvalue weighted by atomic mass is 16.5. The Kier molecular flexibility index (Phi) is 8.31. The van der Waals surface area contributed by atoms with Gasteiger partial charge in [0, 0.05) is 61.6 Å². The van der Waals surface area contributed by atoms with E-state index in [2.05, 4.69) is 56.9 Å². The van der Waals surface area contributed by atoms with Crippen molar-refractivity contribution in [1.29, 1.82) is 0 Å². The van der Waals surface area contributed by atoms with Gasteiger partial charge in [0.1, 0.15) is 5.60 Å². The summed E-state index contributed by atoms with van der Waals surface area (Å²) in [5.74, 6) is 7.55. The number of guanidine groups is 1. The summed E-state index contributed by atoms with van der Waals surface area (Å²) in [6, 6.07) is 0.445. The first-order valence-electron chi connectivity index (χ1n) is 17.3. The van der Waals surface area contributed by atoms with Crippen molar-refractivity contribution in [3.05, 3.63) is 23.4 Å². The van der Waals surface area contributed by atoms with Gasteiger partial charge in [-0.25, -0.2) is 4.79 Å². The van der Waals surface area contributed by atoms with Crippen molar-refractivity contribution in [2.75, 3.05) is 53.0 Å². The van der Waals surface area contributed by atoms with Gasteiger partial charge in [0.2, 0.25) is 0 Å². The van der Waals surface area contributed by atoms with Crippen molar-refractivity contribution in [2.45, 2.75) is 76.0 Å². The molecule has 3 saturated carbocycles. The number of aliphatic hydroxyl groups is 2. The summed E-state index contributed by atoms with van der Waals surface area (Å²) in [6.07, 6.45) is 11.7. The van der Waals surface area contributed by atoms with Crippen LogP contribution in [0.4, 0.5) is 0 Å². The lowest BCUT2D eigenvalue weighted by atomic mass is 9.44. The van der Waals surface area contributed by atoms with Gasteiger partial charge < -0.3 is 40.9 Å². The number of ether oxygens (including phenoxy) is 1. The molecule has 0 aromatic carbocycles. The van der Waals surface area contributed by atoms with Crippen LogP contribution >= 0.6 is 0 Å². The molecule has 4 fully saturated rings. The van der Waals surface area contributed by atoms with Crippen molar-refractivity contribution >= 4 is 11.9 Å². The molecule has 7 aliphatic rings. The van der Waals surface area contributed by atoms with E-state index < -0.39 is 22.4 Å². The van der Waals surface area contributed by atoms with Crippen LogP contribution in [-0.4, -0.2) is 103 Å². The maximum atomic E-state index is 13.3. The molecule has 0 aromatic rings. The molecule has 10 atom stereocenters. The van der Waals surface area contributed by atoms with E-state index in [9.17, 15) is 20.1 Å². The van der Waals surface area contributed by atoms with Gasteiger partial charge in [0.05, 0.1) is 31.4 Å². The maximum absolute atomic E-state index is 13.3. The van der Waals surface area contributed by atoms with Crippen LogP contribution in [0.25, 0.3) is 0 Å². The average Bonchev–Trinajstić information content (AvgIpc) is 3.41. The first-order chi connectivity index (χ1) is 21.8. The van der Waals surface area contributed by atoms with Crippen molar-refractivity contribution in [2.24, 2.45) is 45.4 Å². The molecule has 10 nitrogen and oxygen atoms in total. The molecule has 0 amide bonds. The van der Waals surface area contributed by atoms with Gasteiger partial charge in [-0.3, -0.25) is 4.99 Å². The molecular formula is C35H51N5O5. The van der Waals surface area contributed by atoms with Gasteiger partial charge in [0.15, 0.2) is 5.96 Å². The average molecular weight is 622 g/mol. The molecule has 3 aliphatic heterocycles. The number of carboxylic acids is 1. The summed E-state index contributed by atoms with van der Waals surface area (Å²) < 4.78 is 6.68. The molecule has 6 N–H and O–H groups in total. The minimum absolute atomic E-state index is 0.0146. The normalized spacial score (nSPS) is 44.1. The minimum atomic E-state index is -1.58. The van der Waals surface area contributed by atoms with Crippen LogP contribution in [0, 0.1) is 52.3 Å². The number of rotatable bonds is 8. The standard InChI is InChI=1S/C35H51N5O5/c1-22-16-23-6-4-12-39-32(36-2)40-14-10-24(18-37-13-15-41)35(20-40)26(23)17-27-30(31(42)43)33(44,19-34(22,27)35)21-45-29-9-3-8-28-25(29)7-5-11-38-28/h10,14,22-26,28-29,37-38,41,44H,3,5,7-9,11-13,15-21H2,1-2H3,(H,36,39)(H,42,43). The number of allylic oxidation sites excluding steroid dienone is 1. The fourth-order valence-electron chi connectivity index (χ4n) is 11.4. The second kappa shape index (κ2) is 12.0. The number of hydrogen-bond donors (Lipinski definition) is 6. The zero-order chi connectivity index (χ0) is 31.4. The molecule has 246 valence electrons. The molecule has 5 bridgehead atoms. The van der Waals surface area contributed by atoms with Gasteiger partial charge in [-0.1, -0.05) is 24.8 Å². The second-order valence-electron chi connectivity index (χ2n) is 14.8. The first-order valence-corrected chi connectivity index (χ1v) is 17.3. The molecular weight excluding hydrogens is 570 g/mol. The van der Waals surface area contributed by atoms with Crippen molar-refractivity contribution in [3.8, 4) is 11.8 Å². The first kappa shape index (κ1) is 31.2. The predicted octanol–water partition coefficient (Wildman–Crippen LogP) is 1.71. The predicted molar refractivity (Wildman–Crippen MR) is 171 cm³/mol. The van der Waals surface area contributed by atoms with Gasteiger partial charge in [-0.15, -0.1) is 0 Å². The van der Waals surface area contributed by atoms with Gasteiger partial charge in [0.25, 0.3) is 0 Å². The number of aliphatic hydroxyl groups excluding tert-OH is 1. The van der Waals surface area contributed by atoms with E-state index in [1.807, 2.05) is 0 Å². The van der Waals surface area contributed by atoms with E-state index in [1.165, 1.54) is 0 Å². The Hall–Kier alpha value is -2.42. The number of aliphatic imine (C=N–C) groups is 1. The Labute approximate surface area is 267 Å². The summed E-state index contributed by atoms with van der Waals surface area (Å²) in [5.41, 5.74) is -1.42. The van der Waals surface area contributed by atoms with Crippen LogP contribution in [0.3, 0.4) is 0 Å². The highest BCUT2D eigenvalue weighted by Crippen LogP contribution is 2.78. The number of fused-ring (bicyclic) bond motifs is 2. The molecule has 2 spiro atoms. The van der Waals surface area contributed by atoms with E-state index in [1.54, 1.807) is 7.05 Å². The lowest BCUT2D eigenvalue weighted by Crippen LogP contribution is -2.64. The Morgan fingerprint density at radius 2 is 2.16 bits per heavy atom. The third-order valence-corrected chi connectivity index (χ3v) is 12.9. The van der Waals surface area contributed by atoms with Crippen molar-refractivity contribution in [3.63, 3.8) is 0 Å². The lowest BCUT2D eigenvalue weighted by molar-refractivity contribution is -0.149. The van der Waals surface area contributed by atoms with Crippen LogP contribution in [0.15, 0.2) is 28.4 Å². The molecule has 10 heteroatoms. The van der Waals surface area contributed by atoms with E-state index in [0.29, 0.717) is 51.0 Å². The van der Waals surface area contributed by atoms with Gasteiger partial charge in [-0.05, 0) is 81.2 Å². The Bertz CT molecular complexity index is 1330. The van der Waals surface area contributed by atoms with Gasteiger partial charge >= 0.3 is 5.97 Å². The van der Waals surface area contributed by atoms with Crippen LogP contribution in [0.1, 0.15) is 58.3 Å². The zero-order valence-corrected chi connectivity index (χ0v) is 26.9. The lowest BCUT2D eigenvalue weighted by Gasteiger charge is -2.62. The zero-order valence-electron chi connectivity index (χ0n) is 26.9. The van der Waals surface area contributed by atoms with Crippen molar-refractivity contribution < 1.29 is 24.9 Å². The number of hydrogen-bond acceptors (Lipinski definition) is 7. The monoisotopic (exact) mass is 621 g/mol.